The van der Waals surface area contributed by atoms with Gasteiger partial charge in [-0.1, -0.05) is 26.7 Å². The number of rotatable bonds is 8. The van der Waals surface area contributed by atoms with Crippen LogP contribution in [-0.2, 0) is 12.8 Å². The third kappa shape index (κ3) is 3.59. The minimum Gasteiger partial charge on any atom is -0.478 e. The van der Waals surface area contributed by atoms with Crippen molar-refractivity contribution in [1.82, 2.24) is 0 Å². The molecule has 106 valence electrons. The van der Waals surface area contributed by atoms with E-state index in [-0.39, 0.29) is 5.56 Å². The molecule has 0 aliphatic rings. The smallest absolute Gasteiger partial charge is 0.372 e. The molecule has 5 nitrogen and oxygen atoms in total. The van der Waals surface area contributed by atoms with Crippen LogP contribution >= 0.6 is 0 Å². The van der Waals surface area contributed by atoms with Crippen molar-refractivity contribution in [3.8, 4) is 0 Å². The molecule has 0 bridgehead atoms. The first-order chi connectivity index (χ1) is 9.02. The normalized spacial score (nSPS) is 10.6. The minimum atomic E-state index is -1.32. The number of carbonyl (C=O) groups is 2. The van der Waals surface area contributed by atoms with Crippen molar-refractivity contribution in [2.75, 3.05) is 0 Å². The predicted molar refractivity (Wildman–Crippen MR) is 69.9 cm³/mol. The van der Waals surface area contributed by atoms with Gasteiger partial charge >= 0.3 is 11.9 Å². The molecule has 0 aromatic carbocycles. The van der Waals surface area contributed by atoms with E-state index in [1.807, 2.05) is 13.8 Å². The summed E-state index contributed by atoms with van der Waals surface area (Å²) in [6.07, 6.45) is 4.67. The molecule has 0 radical (unpaired) electrons. The average Bonchev–Trinajstić information content (AvgIpc) is 2.72. The van der Waals surface area contributed by atoms with Gasteiger partial charge in [0, 0.05) is 12.0 Å². The van der Waals surface area contributed by atoms with Gasteiger partial charge in [0.1, 0.15) is 11.3 Å². The molecule has 0 spiro atoms. The lowest BCUT2D eigenvalue weighted by atomic mass is 10.00. The van der Waals surface area contributed by atoms with Gasteiger partial charge in [0.2, 0.25) is 5.76 Å². The molecule has 0 atom stereocenters. The topological polar surface area (TPSA) is 87.7 Å². The van der Waals surface area contributed by atoms with Crippen LogP contribution in [0.5, 0.6) is 0 Å². The number of carboxylic acid groups (broad SMARTS) is 2. The van der Waals surface area contributed by atoms with E-state index in [9.17, 15) is 14.7 Å². The zero-order valence-electron chi connectivity index (χ0n) is 11.4. The third-order valence-corrected chi connectivity index (χ3v) is 3.04. The Morgan fingerprint density at radius 3 is 2.05 bits per heavy atom. The van der Waals surface area contributed by atoms with Crippen LogP contribution in [0.15, 0.2) is 4.42 Å². The highest BCUT2D eigenvalue weighted by Gasteiger charge is 2.28. The van der Waals surface area contributed by atoms with E-state index >= 15 is 0 Å². The van der Waals surface area contributed by atoms with Crippen molar-refractivity contribution in [1.29, 1.82) is 0 Å². The highest BCUT2D eigenvalue weighted by molar-refractivity contribution is 6.01. The SMILES string of the molecule is CCCCc1oc(C(=O)O)c(C(=O)O)c1CCCC. The van der Waals surface area contributed by atoms with Crippen molar-refractivity contribution < 1.29 is 24.2 Å². The van der Waals surface area contributed by atoms with E-state index in [1.54, 1.807) is 0 Å². The Hall–Kier alpha value is -1.78. The van der Waals surface area contributed by atoms with Gasteiger partial charge in [-0.2, -0.15) is 0 Å². The van der Waals surface area contributed by atoms with Gasteiger partial charge in [-0.3, -0.25) is 0 Å². The van der Waals surface area contributed by atoms with E-state index in [4.69, 9.17) is 9.52 Å². The maximum Gasteiger partial charge on any atom is 0.372 e. The second-order valence-electron chi connectivity index (χ2n) is 4.53. The fourth-order valence-corrected chi connectivity index (χ4v) is 2.05. The number of carboxylic acids is 2. The van der Waals surface area contributed by atoms with E-state index in [0.717, 1.165) is 25.7 Å². The first-order valence-electron chi connectivity index (χ1n) is 6.64. The van der Waals surface area contributed by atoms with Gasteiger partial charge in [0.25, 0.3) is 0 Å². The maximum atomic E-state index is 11.3. The first-order valence-corrected chi connectivity index (χ1v) is 6.64. The van der Waals surface area contributed by atoms with Crippen LogP contribution in [-0.4, -0.2) is 22.2 Å². The molecule has 0 fully saturated rings. The molecule has 0 aliphatic carbocycles. The van der Waals surface area contributed by atoms with Crippen LogP contribution in [0.2, 0.25) is 0 Å². The highest BCUT2D eigenvalue weighted by atomic mass is 16.4. The van der Waals surface area contributed by atoms with Gasteiger partial charge in [-0.25, -0.2) is 9.59 Å². The summed E-state index contributed by atoms with van der Waals surface area (Å²) in [5, 5.41) is 18.3. The largest absolute Gasteiger partial charge is 0.478 e. The van der Waals surface area contributed by atoms with Crippen LogP contribution in [0.3, 0.4) is 0 Å². The third-order valence-electron chi connectivity index (χ3n) is 3.04. The number of hydrogen-bond donors (Lipinski definition) is 2. The van der Waals surface area contributed by atoms with Gasteiger partial charge < -0.3 is 14.6 Å². The Bertz CT molecular complexity index is 459. The fourth-order valence-electron chi connectivity index (χ4n) is 2.05. The van der Waals surface area contributed by atoms with E-state index < -0.39 is 17.7 Å². The quantitative estimate of drug-likeness (QED) is 0.754. The minimum absolute atomic E-state index is 0.174. The monoisotopic (exact) mass is 268 g/mol. The molecule has 0 unspecified atom stereocenters. The Morgan fingerprint density at radius 2 is 1.58 bits per heavy atom. The molecule has 1 aromatic heterocycles. The predicted octanol–water partition coefficient (Wildman–Crippen LogP) is 3.36. The molecule has 19 heavy (non-hydrogen) atoms. The number of furan rings is 1. The van der Waals surface area contributed by atoms with E-state index in [1.165, 1.54) is 0 Å². The van der Waals surface area contributed by atoms with Gasteiger partial charge in [-0.15, -0.1) is 0 Å². The van der Waals surface area contributed by atoms with Crippen molar-refractivity contribution in [2.45, 2.75) is 52.4 Å². The van der Waals surface area contributed by atoms with E-state index in [0.29, 0.717) is 24.2 Å². The Labute approximate surface area is 112 Å². The Morgan fingerprint density at radius 1 is 1.00 bits per heavy atom. The van der Waals surface area contributed by atoms with Crippen LogP contribution in [0, 0.1) is 0 Å². The van der Waals surface area contributed by atoms with Crippen LogP contribution < -0.4 is 0 Å². The lowest BCUT2D eigenvalue weighted by Gasteiger charge is -2.02. The van der Waals surface area contributed by atoms with Crippen LogP contribution in [0.4, 0.5) is 0 Å². The molecule has 1 rings (SSSR count). The number of hydrogen-bond acceptors (Lipinski definition) is 3. The summed E-state index contributed by atoms with van der Waals surface area (Å²) in [5.74, 6) is -2.47. The molecule has 1 aromatic rings. The van der Waals surface area contributed by atoms with E-state index in [2.05, 4.69) is 0 Å². The Balaban J connectivity index is 3.24. The van der Waals surface area contributed by atoms with Crippen molar-refractivity contribution >= 4 is 11.9 Å². The molecule has 0 amide bonds. The summed E-state index contributed by atoms with van der Waals surface area (Å²) in [7, 11) is 0. The molecular weight excluding hydrogens is 248 g/mol. The van der Waals surface area contributed by atoms with Crippen LogP contribution in [0.25, 0.3) is 0 Å². The standard InChI is InChI=1S/C14H20O5/c1-3-5-7-9-10(8-6-4-2)19-12(14(17)18)11(9)13(15)16/h3-8H2,1-2H3,(H,15,16)(H,17,18). The second-order valence-corrected chi connectivity index (χ2v) is 4.53. The average molecular weight is 268 g/mol. The maximum absolute atomic E-state index is 11.3. The molecule has 0 aliphatic heterocycles. The first kappa shape index (κ1) is 15.3. The summed E-state index contributed by atoms with van der Waals surface area (Å²) >= 11 is 0. The van der Waals surface area contributed by atoms with Crippen molar-refractivity contribution in [2.24, 2.45) is 0 Å². The molecule has 2 N–H and O–H groups in total. The summed E-state index contributed by atoms with van der Waals surface area (Å²) < 4.78 is 5.29. The van der Waals surface area contributed by atoms with Gasteiger partial charge in [0.15, 0.2) is 0 Å². The molecule has 5 heteroatoms. The summed E-state index contributed by atoms with van der Waals surface area (Å²) in [4.78, 5) is 22.4. The number of unbranched alkanes of at least 4 members (excludes halogenated alkanes) is 2. The molecular formula is C14H20O5. The zero-order valence-corrected chi connectivity index (χ0v) is 11.4. The number of aromatic carboxylic acids is 2. The lowest BCUT2D eigenvalue weighted by molar-refractivity contribution is 0.0624. The number of aryl methyl sites for hydroxylation is 1. The second kappa shape index (κ2) is 6.97. The summed E-state index contributed by atoms with van der Waals surface area (Å²) in [6.45, 7) is 4.02. The molecule has 1 heterocycles. The summed E-state index contributed by atoms with van der Waals surface area (Å²) in [6, 6.07) is 0. The molecule has 0 saturated carbocycles. The summed E-state index contributed by atoms with van der Waals surface area (Å²) in [5.41, 5.74) is 0.382. The fraction of sp³-hybridized carbons (Fsp3) is 0.571. The Kier molecular flexibility index (Phi) is 5.60. The van der Waals surface area contributed by atoms with Gasteiger partial charge in [0.05, 0.1) is 0 Å². The van der Waals surface area contributed by atoms with Crippen LogP contribution in [0.1, 0.15) is 71.8 Å². The van der Waals surface area contributed by atoms with Crippen molar-refractivity contribution in [3.63, 3.8) is 0 Å². The van der Waals surface area contributed by atoms with Crippen molar-refractivity contribution in [3.05, 3.63) is 22.6 Å². The highest BCUT2D eigenvalue weighted by Crippen LogP contribution is 2.26. The van der Waals surface area contributed by atoms with Gasteiger partial charge in [-0.05, 0) is 19.3 Å². The lowest BCUT2D eigenvalue weighted by Crippen LogP contribution is -2.07. The zero-order chi connectivity index (χ0) is 14.4. The molecule has 0 saturated heterocycles.